The first-order chi connectivity index (χ1) is 8.00. The summed E-state index contributed by atoms with van der Waals surface area (Å²) in [5.74, 6) is 0.0179. The molecule has 96 valence electrons. The Hall–Kier alpha value is -2.05. The maximum atomic E-state index is 12.1. The number of phenolic OH excluding ortho intramolecular Hbond substituents is 2. The van der Waals surface area contributed by atoms with Crippen molar-refractivity contribution in [3.63, 3.8) is 0 Å². The van der Waals surface area contributed by atoms with Crippen LogP contribution in [0.3, 0.4) is 0 Å². The predicted molar refractivity (Wildman–Crippen MR) is 65.3 cm³/mol. The minimum Gasteiger partial charge on any atom is -0.508 e. The summed E-state index contributed by atoms with van der Waals surface area (Å²) in [6.45, 7) is 0. The zero-order valence-corrected chi connectivity index (χ0v) is 10.1. The van der Waals surface area contributed by atoms with E-state index in [1.807, 2.05) is 0 Å². The molecule has 6 heteroatoms. The fourth-order valence-corrected chi connectivity index (χ4v) is 2.65. The van der Waals surface area contributed by atoms with Crippen LogP contribution in [0.2, 0.25) is 0 Å². The Balaban J connectivity index is 0.00000162. The molecule has 0 amide bonds. The van der Waals surface area contributed by atoms with Crippen LogP contribution in [0.5, 0.6) is 11.5 Å². The molecule has 0 atom stereocenters. The lowest BCUT2D eigenvalue weighted by atomic mass is 10.3. The van der Waals surface area contributed by atoms with Gasteiger partial charge in [-0.3, -0.25) is 0 Å². The second kappa shape index (κ2) is 5.07. The van der Waals surface area contributed by atoms with Gasteiger partial charge < -0.3 is 15.7 Å². The summed E-state index contributed by atoms with van der Waals surface area (Å²) in [6.07, 6.45) is 0. The van der Waals surface area contributed by atoms with Crippen LogP contribution in [0.4, 0.5) is 0 Å². The number of benzene rings is 2. The van der Waals surface area contributed by atoms with Gasteiger partial charge in [-0.25, -0.2) is 8.42 Å². The van der Waals surface area contributed by atoms with Crippen LogP contribution in [-0.4, -0.2) is 24.1 Å². The van der Waals surface area contributed by atoms with Crippen molar-refractivity contribution in [1.82, 2.24) is 0 Å². The van der Waals surface area contributed by atoms with Gasteiger partial charge >= 0.3 is 0 Å². The first-order valence-corrected chi connectivity index (χ1v) is 6.31. The molecular weight excluding hydrogens is 256 g/mol. The minimum absolute atomic E-state index is 0. The topological polar surface area (TPSA) is 106 Å². The highest BCUT2D eigenvalue weighted by atomic mass is 32.2. The average molecular weight is 268 g/mol. The molecule has 0 aliphatic carbocycles. The van der Waals surface area contributed by atoms with Crippen molar-refractivity contribution in [2.24, 2.45) is 0 Å². The van der Waals surface area contributed by atoms with Gasteiger partial charge in [-0.15, -0.1) is 0 Å². The largest absolute Gasteiger partial charge is 0.508 e. The Labute approximate surface area is 104 Å². The fraction of sp³-hybridized carbons (Fsp3) is 0. The summed E-state index contributed by atoms with van der Waals surface area (Å²) in [5, 5.41) is 18.2. The minimum atomic E-state index is -3.59. The first-order valence-electron chi connectivity index (χ1n) is 4.83. The van der Waals surface area contributed by atoms with E-state index >= 15 is 0 Å². The predicted octanol–water partition coefficient (Wildman–Crippen LogP) is 1.11. The molecule has 0 aliphatic rings. The molecule has 0 fully saturated rings. The average Bonchev–Trinajstić information content (AvgIpc) is 2.30. The zero-order valence-electron chi connectivity index (χ0n) is 9.24. The Kier molecular flexibility index (Phi) is 3.95. The van der Waals surface area contributed by atoms with E-state index in [1.165, 1.54) is 48.5 Å². The molecule has 4 N–H and O–H groups in total. The van der Waals surface area contributed by atoms with E-state index < -0.39 is 9.84 Å². The van der Waals surface area contributed by atoms with E-state index in [4.69, 9.17) is 10.2 Å². The van der Waals surface area contributed by atoms with Crippen molar-refractivity contribution in [3.8, 4) is 11.5 Å². The van der Waals surface area contributed by atoms with E-state index in [0.717, 1.165) is 0 Å². The highest BCUT2D eigenvalue weighted by Gasteiger charge is 2.17. The van der Waals surface area contributed by atoms with Crippen LogP contribution in [0.15, 0.2) is 58.3 Å². The molecule has 0 saturated heterocycles. The van der Waals surface area contributed by atoms with Gasteiger partial charge in [0.05, 0.1) is 9.79 Å². The monoisotopic (exact) mass is 268 g/mol. The third-order valence-electron chi connectivity index (χ3n) is 2.29. The standard InChI is InChI=1S/C12H10O4S.H2O/c13-9-1-5-11(6-2-9)17(15,16)12-7-3-10(14)4-8-12;/h1-8,13-14H;1H2. The van der Waals surface area contributed by atoms with Gasteiger partial charge in [-0.1, -0.05) is 0 Å². The molecule has 2 rings (SSSR count). The molecule has 0 aliphatic heterocycles. The van der Waals surface area contributed by atoms with Crippen LogP contribution < -0.4 is 0 Å². The number of rotatable bonds is 2. The van der Waals surface area contributed by atoms with E-state index in [-0.39, 0.29) is 26.8 Å². The van der Waals surface area contributed by atoms with Gasteiger partial charge in [-0.2, -0.15) is 0 Å². The molecule has 18 heavy (non-hydrogen) atoms. The van der Waals surface area contributed by atoms with E-state index in [1.54, 1.807) is 0 Å². The van der Waals surface area contributed by atoms with Crippen molar-refractivity contribution in [2.75, 3.05) is 0 Å². The van der Waals surface area contributed by atoms with Gasteiger partial charge in [0.15, 0.2) is 0 Å². The fourth-order valence-electron chi connectivity index (χ4n) is 1.39. The van der Waals surface area contributed by atoms with E-state index in [0.29, 0.717) is 0 Å². The van der Waals surface area contributed by atoms with Gasteiger partial charge in [0.1, 0.15) is 11.5 Å². The van der Waals surface area contributed by atoms with Crippen molar-refractivity contribution < 1.29 is 24.1 Å². The van der Waals surface area contributed by atoms with Crippen molar-refractivity contribution in [1.29, 1.82) is 0 Å². The third kappa shape index (κ3) is 2.61. The highest BCUT2D eigenvalue weighted by Crippen LogP contribution is 2.23. The Morgan fingerprint density at radius 3 is 1.22 bits per heavy atom. The van der Waals surface area contributed by atoms with Crippen LogP contribution in [0.1, 0.15) is 0 Å². The van der Waals surface area contributed by atoms with Gasteiger partial charge in [0, 0.05) is 0 Å². The summed E-state index contributed by atoms with van der Waals surface area (Å²) < 4.78 is 24.2. The molecule has 0 unspecified atom stereocenters. The number of phenols is 2. The molecule has 2 aromatic carbocycles. The molecule has 2 aromatic rings. The first kappa shape index (κ1) is 14.0. The molecule has 0 saturated carbocycles. The summed E-state index contributed by atoms with van der Waals surface area (Å²) in [7, 11) is -3.59. The second-order valence-corrected chi connectivity index (χ2v) is 5.44. The quantitative estimate of drug-likeness (QED) is 0.850. The van der Waals surface area contributed by atoms with Gasteiger partial charge in [0.2, 0.25) is 9.84 Å². The van der Waals surface area contributed by atoms with Crippen molar-refractivity contribution >= 4 is 9.84 Å². The summed E-state index contributed by atoms with van der Waals surface area (Å²) in [6, 6.07) is 10.6. The molecular formula is C12H12O5S. The molecule has 0 radical (unpaired) electrons. The third-order valence-corrected chi connectivity index (χ3v) is 4.08. The van der Waals surface area contributed by atoms with E-state index in [9.17, 15) is 8.42 Å². The highest BCUT2D eigenvalue weighted by molar-refractivity contribution is 7.91. The normalized spacial score (nSPS) is 10.7. The Morgan fingerprint density at radius 2 is 0.944 bits per heavy atom. The molecule has 0 heterocycles. The number of sulfone groups is 1. The number of hydrogen-bond acceptors (Lipinski definition) is 4. The summed E-state index contributed by atoms with van der Waals surface area (Å²) >= 11 is 0. The Bertz CT molecular complexity index is 563. The SMILES string of the molecule is O.O=S(=O)(c1ccc(O)cc1)c1ccc(O)cc1. The zero-order chi connectivity index (χ0) is 12.5. The van der Waals surface area contributed by atoms with Crippen LogP contribution in [-0.2, 0) is 9.84 Å². The van der Waals surface area contributed by atoms with Gasteiger partial charge in [0.25, 0.3) is 0 Å². The lowest BCUT2D eigenvalue weighted by Gasteiger charge is -2.04. The maximum Gasteiger partial charge on any atom is 0.206 e. The molecule has 0 spiro atoms. The van der Waals surface area contributed by atoms with Crippen molar-refractivity contribution in [3.05, 3.63) is 48.5 Å². The number of hydrogen-bond donors (Lipinski definition) is 2. The molecule has 0 bridgehead atoms. The lowest BCUT2D eigenvalue weighted by Crippen LogP contribution is -2.01. The van der Waals surface area contributed by atoms with Crippen LogP contribution >= 0.6 is 0 Å². The Morgan fingerprint density at radius 1 is 0.667 bits per heavy atom. The van der Waals surface area contributed by atoms with Crippen LogP contribution in [0.25, 0.3) is 0 Å². The lowest BCUT2D eigenvalue weighted by molar-refractivity contribution is 0.474. The number of aromatic hydroxyl groups is 2. The smallest absolute Gasteiger partial charge is 0.206 e. The summed E-state index contributed by atoms with van der Waals surface area (Å²) in [4.78, 5) is 0.196. The summed E-state index contributed by atoms with van der Waals surface area (Å²) in [5.41, 5.74) is 0. The molecule has 0 aromatic heterocycles. The second-order valence-electron chi connectivity index (χ2n) is 3.49. The van der Waals surface area contributed by atoms with Gasteiger partial charge in [-0.05, 0) is 48.5 Å². The molecule has 5 nitrogen and oxygen atoms in total. The maximum absolute atomic E-state index is 12.1. The van der Waals surface area contributed by atoms with E-state index in [2.05, 4.69) is 0 Å². The van der Waals surface area contributed by atoms with Crippen molar-refractivity contribution in [2.45, 2.75) is 9.79 Å². The van der Waals surface area contributed by atoms with Crippen LogP contribution in [0, 0.1) is 0 Å².